The third-order valence-electron chi connectivity index (χ3n) is 3.07. The van der Waals surface area contributed by atoms with Crippen molar-refractivity contribution in [2.75, 3.05) is 0 Å². The summed E-state index contributed by atoms with van der Waals surface area (Å²) in [6.07, 6.45) is 0. The van der Waals surface area contributed by atoms with Crippen LogP contribution in [0.3, 0.4) is 0 Å². The molecule has 0 saturated carbocycles. The maximum Gasteiger partial charge on any atom is 0.00948 e. The summed E-state index contributed by atoms with van der Waals surface area (Å²) < 4.78 is 0. The maximum absolute atomic E-state index is 2.95. The van der Waals surface area contributed by atoms with Crippen LogP contribution in [0.1, 0.15) is 22.4 Å². The molecule has 4 atom stereocenters. The van der Waals surface area contributed by atoms with Gasteiger partial charge < -0.3 is 0 Å². The molecule has 0 radical (unpaired) electrons. The van der Waals surface area contributed by atoms with E-state index in [1.165, 1.54) is 21.9 Å². The Hall–Kier alpha value is -0.440. The Balaban J connectivity index is 2.49. The Morgan fingerprint density at radius 3 is 1.79 bits per heavy atom. The molecule has 0 spiro atoms. The standard InChI is InChI=1S/C12H12P2/c13-11-8-5-1-3-7-4-2-6-9(10(7)8)12(11)14/h1-6,11-12H,13-14H2. The first-order chi connectivity index (χ1) is 6.79. The van der Waals surface area contributed by atoms with E-state index < -0.39 is 0 Å². The van der Waals surface area contributed by atoms with Crippen molar-refractivity contribution < 1.29 is 0 Å². The predicted molar refractivity (Wildman–Crippen MR) is 68.9 cm³/mol. The lowest BCUT2D eigenvalue weighted by Crippen LogP contribution is -1.87. The fraction of sp³-hybridized carbons (Fsp3) is 0.167. The fourth-order valence-electron chi connectivity index (χ4n) is 2.34. The highest BCUT2D eigenvalue weighted by Crippen LogP contribution is 2.52. The lowest BCUT2D eigenvalue weighted by atomic mass is 10.1. The van der Waals surface area contributed by atoms with E-state index in [0.29, 0.717) is 11.3 Å². The third-order valence-corrected chi connectivity index (χ3v) is 5.07. The van der Waals surface area contributed by atoms with Crippen LogP contribution in [-0.2, 0) is 0 Å². The zero-order valence-electron chi connectivity index (χ0n) is 7.77. The summed E-state index contributed by atoms with van der Waals surface area (Å²) in [4.78, 5) is 0. The van der Waals surface area contributed by atoms with E-state index in [2.05, 4.69) is 54.9 Å². The summed E-state index contributed by atoms with van der Waals surface area (Å²) in [6, 6.07) is 13.2. The predicted octanol–water partition coefficient (Wildman–Crippen LogP) is 3.69. The van der Waals surface area contributed by atoms with Crippen molar-refractivity contribution in [2.24, 2.45) is 0 Å². The molecule has 0 aliphatic heterocycles. The lowest BCUT2D eigenvalue weighted by molar-refractivity contribution is 0.965. The average Bonchev–Trinajstić information content (AvgIpc) is 2.47. The molecule has 0 aromatic heterocycles. The van der Waals surface area contributed by atoms with E-state index in [4.69, 9.17) is 0 Å². The van der Waals surface area contributed by atoms with Crippen molar-refractivity contribution in [3.05, 3.63) is 47.5 Å². The molecule has 70 valence electrons. The van der Waals surface area contributed by atoms with E-state index in [-0.39, 0.29) is 0 Å². The van der Waals surface area contributed by atoms with Crippen molar-refractivity contribution in [3.63, 3.8) is 0 Å². The quantitative estimate of drug-likeness (QED) is 0.591. The fourth-order valence-corrected chi connectivity index (χ4v) is 3.31. The van der Waals surface area contributed by atoms with Gasteiger partial charge in [0, 0.05) is 11.3 Å². The second-order valence-corrected chi connectivity index (χ2v) is 5.28. The monoisotopic (exact) mass is 218 g/mol. The van der Waals surface area contributed by atoms with Gasteiger partial charge in [-0.3, -0.25) is 0 Å². The number of hydrogen-bond acceptors (Lipinski definition) is 0. The molecule has 3 rings (SSSR count). The normalized spacial score (nSPS) is 24.4. The first-order valence-corrected chi connectivity index (χ1v) is 6.15. The minimum absolute atomic E-state index is 0.557. The Morgan fingerprint density at radius 2 is 1.29 bits per heavy atom. The van der Waals surface area contributed by atoms with Gasteiger partial charge in [0.2, 0.25) is 0 Å². The van der Waals surface area contributed by atoms with Crippen LogP contribution in [0, 0.1) is 0 Å². The molecule has 0 amide bonds. The van der Waals surface area contributed by atoms with Gasteiger partial charge in [0.25, 0.3) is 0 Å². The van der Waals surface area contributed by atoms with Crippen LogP contribution >= 0.6 is 18.5 Å². The molecule has 0 bridgehead atoms. The second-order valence-electron chi connectivity index (χ2n) is 3.84. The van der Waals surface area contributed by atoms with Crippen molar-refractivity contribution in [1.82, 2.24) is 0 Å². The number of hydrogen-bond donors (Lipinski definition) is 0. The maximum atomic E-state index is 2.95. The molecule has 0 fully saturated rings. The highest BCUT2D eigenvalue weighted by Gasteiger charge is 2.27. The Labute approximate surface area is 88.5 Å². The van der Waals surface area contributed by atoms with Crippen LogP contribution in [0.5, 0.6) is 0 Å². The van der Waals surface area contributed by atoms with Crippen LogP contribution in [0.25, 0.3) is 10.8 Å². The smallest absolute Gasteiger partial charge is 0.00948 e. The minimum atomic E-state index is 0.557. The lowest BCUT2D eigenvalue weighted by Gasteiger charge is -2.10. The molecule has 1 aliphatic rings. The van der Waals surface area contributed by atoms with E-state index >= 15 is 0 Å². The SMILES string of the molecule is PC1c2cccc3cccc(c23)C1P. The molecule has 0 heterocycles. The Kier molecular flexibility index (Phi) is 1.91. The first-order valence-electron chi connectivity index (χ1n) is 4.82. The number of benzene rings is 2. The molecule has 4 unspecified atom stereocenters. The Bertz CT molecular complexity index is 462. The van der Waals surface area contributed by atoms with Crippen LogP contribution in [0.2, 0.25) is 0 Å². The molecule has 2 aromatic rings. The highest BCUT2D eigenvalue weighted by molar-refractivity contribution is 7.22. The summed E-state index contributed by atoms with van der Waals surface area (Å²) in [5.41, 5.74) is 4.06. The molecule has 0 N–H and O–H groups in total. The van der Waals surface area contributed by atoms with E-state index in [1.54, 1.807) is 0 Å². The molecule has 2 heteroatoms. The van der Waals surface area contributed by atoms with Crippen molar-refractivity contribution in [1.29, 1.82) is 0 Å². The molecular weight excluding hydrogens is 206 g/mol. The largest absolute Gasteiger partial charge is 0.129 e. The number of rotatable bonds is 0. The van der Waals surface area contributed by atoms with Gasteiger partial charge in [0.05, 0.1) is 0 Å². The molecule has 0 nitrogen and oxygen atoms in total. The van der Waals surface area contributed by atoms with Crippen molar-refractivity contribution in [3.8, 4) is 0 Å². The summed E-state index contributed by atoms with van der Waals surface area (Å²) in [7, 11) is 5.91. The molecular formula is C12H12P2. The van der Waals surface area contributed by atoms with Crippen LogP contribution in [-0.4, -0.2) is 0 Å². The third kappa shape index (κ3) is 1.02. The topological polar surface area (TPSA) is 0 Å². The van der Waals surface area contributed by atoms with Crippen molar-refractivity contribution in [2.45, 2.75) is 11.3 Å². The van der Waals surface area contributed by atoms with Gasteiger partial charge in [-0.2, -0.15) is 0 Å². The summed E-state index contributed by atoms with van der Waals surface area (Å²) in [6.45, 7) is 0. The van der Waals surface area contributed by atoms with E-state index in [9.17, 15) is 0 Å². The van der Waals surface area contributed by atoms with Gasteiger partial charge in [-0.1, -0.05) is 36.4 Å². The average molecular weight is 218 g/mol. The summed E-state index contributed by atoms with van der Waals surface area (Å²) in [5.74, 6) is 0. The second kappa shape index (κ2) is 3.02. The van der Waals surface area contributed by atoms with Crippen LogP contribution in [0.15, 0.2) is 36.4 Å². The molecule has 2 aromatic carbocycles. The van der Waals surface area contributed by atoms with Gasteiger partial charge >= 0.3 is 0 Å². The zero-order chi connectivity index (χ0) is 9.71. The summed E-state index contributed by atoms with van der Waals surface area (Å²) >= 11 is 0. The van der Waals surface area contributed by atoms with Crippen LogP contribution in [0.4, 0.5) is 0 Å². The van der Waals surface area contributed by atoms with Gasteiger partial charge in [-0.05, 0) is 21.9 Å². The van der Waals surface area contributed by atoms with Crippen molar-refractivity contribution >= 4 is 29.3 Å². The van der Waals surface area contributed by atoms with Crippen LogP contribution < -0.4 is 0 Å². The Morgan fingerprint density at radius 1 is 0.786 bits per heavy atom. The zero-order valence-corrected chi connectivity index (χ0v) is 10.1. The van der Waals surface area contributed by atoms with Gasteiger partial charge in [0.15, 0.2) is 0 Å². The van der Waals surface area contributed by atoms with Gasteiger partial charge in [-0.15, -0.1) is 18.5 Å². The molecule has 14 heavy (non-hydrogen) atoms. The molecule has 1 aliphatic carbocycles. The minimum Gasteiger partial charge on any atom is -0.129 e. The van der Waals surface area contributed by atoms with E-state index in [1.807, 2.05) is 0 Å². The summed E-state index contributed by atoms with van der Waals surface area (Å²) in [5, 5.41) is 2.84. The highest BCUT2D eigenvalue weighted by atomic mass is 31.0. The van der Waals surface area contributed by atoms with E-state index in [0.717, 1.165) is 0 Å². The van der Waals surface area contributed by atoms with Gasteiger partial charge in [-0.25, -0.2) is 0 Å². The first kappa shape index (κ1) is 8.84. The molecule has 0 saturated heterocycles. The van der Waals surface area contributed by atoms with Gasteiger partial charge in [0.1, 0.15) is 0 Å².